The summed E-state index contributed by atoms with van der Waals surface area (Å²) in [6.07, 6.45) is -2.44. The Bertz CT molecular complexity index is 531. The number of ether oxygens (including phenoxy) is 1. The molecule has 1 N–H and O–H groups in total. The van der Waals surface area contributed by atoms with E-state index in [9.17, 15) is 18.0 Å². The summed E-state index contributed by atoms with van der Waals surface area (Å²) in [6.45, 7) is 3.94. The largest absolute Gasteiger partial charge is 0.373 e. The smallest absolute Gasteiger partial charge is 0.239 e. The SMILES string of the molecule is CC(C)(CC(F)F)C(=O)NC[C@@H]1CCO[C@H]1c1ccc(F)cc1. The average Bonchev–Trinajstić information content (AvgIpc) is 2.92. The molecule has 0 radical (unpaired) electrons. The Kier molecular flexibility index (Phi) is 5.68. The molecule has 1 saturated heterocycles. The lowest BCUT2D eigenvalue weighted by Crippen LogP contribution is -2.40. The summed E-state index contributed by atoms with van der Waals surface area (Å²) in [6, 6.07) is 6.08. The molecular weight excluding hydrogens is 307 g/mol. The second-order valence-electron chi connectivity index (χ2n) is 6.58. The molecule has 3 nitrogen and oxygen atoms in total. The van der Waals surface area contributed by atoms with Crippen LogP contribution >= 0.6 is 0 Å². The van der Waals surface area contributed by atoms with E-state index in [-0.39, 0.29) is 23.7 Å². The molecule has 0 aromatic heterocycles. The molecule has 0 bridgehead atoms. The summed E-state index contributed by atoms with van der Waals surface area (Å²) >= 11 is 0. The zero-order valence-electron chi connectivity index (χ0n) is 13.3. The highest BCUT2D eigenvalue weighted by Gasteiger charge is 2.34. The third-order valence-electron chi connectivity index (χ3n) is 4.22. The minimum absolute atomic E-state index is 0.0479. The highest BCUT2D eigenvalue weighted by Crippen LogP contribution is 2.34. The van der Waals surface area contributed by atoms with Crippen LogP contribution in [0, 0.1) is 17.2 Å². The van der Waals surface area contributed by atoms with Gasteiger partial charge in [0.25, 0.3) is 0 Å². The monoisotopic (exact) mass is 329 g/mol. The number of halogens is 3. The predicted molar refractivity (Wildman–Crippen MR) is 80.6 cm³/mol. The number of hydrogen-bond donors (Lipinski definition) is 1. The molecule has 0 spiro atoms. The third kappa shape index (κ3) is 4.70. The third-order valence-corrected chi connectivity index (χ3v) is 4.22. The highest BCUT2D eigenvalue weighted by molar-refractivity contribution is 5.81. The lowest BCUT2D eigenvalue weighted by atomic mass is 9.88. The summed E-state index contributed by atoms with van der Waals surface area (Å²) in [5.41, 5.74) is -0.256. The van der Waals surface area contributed by atoms with Crippen molar-refractivity contribution in [3.63, 3.8) is 0 Å². The van der Waals surface area contributed by atoms with Crippen molar-refractivity contribution in [2.75, 3.05) is 13.2 Å². The molecule has 1 aromatic carbocycles. The molecule has 1 heterocycles. The molecule has 0 saturated carbocycles. The van der Waals surface area contributed by atoms with Crippen LogP contribution in [0.5, 0.6) is 0 Å². The van der Waals surface area contributed by atoms with Crippen LogP contribution in [0.1, 0.15) is 38.4 Å². The van der Waals surface area contributed by atoms with Crippen LogP contribution in [-0.2, 0) is 9.53 Å². The summed E-state index contributed by atoms with van der Waals surface area (Å²) in [5, 5.41) is 2.76. The fraction of sp³-hybridized carbons (Fsp3) is 0.588. The molecule has 128 valence electrons. The number of carbonyl (C=O) groups excluding carboxylic acids is 1. The molecule has 1 aliphatic heterocycles. The first kappa shape index (κ1) is 17.8. The number of nitrogens with one attached hydrogen (secondary N) is 1. The van der Waals surface area contributed by atoms with Crippen LogP contribution in [0.15, 0.2) is 24.3 Å². The summed E-state index contributed by atoms with van der Waals surface area (Å²) < 4.78 is 43.7. The van der Waals surface area contributed by atoms with Gasteiger partial charge in [-0.25, -0.2) is 13.2 Å². The topological polar surface area (TPSA) is 38.3 Å². The van der Waals surface area contributed by atoms with Gasteiger partial charge in [-0.2, -0.15) is 0 Å². The van der Waals surface area contributed by atoms with Crippen molar-refractivity contribution < 1.29 is 22.7 Å². The van der Waals surface area contributed by atoms with Gasteiger partial charge in [-0.1, -0.05) is 26.0 Å². The standard InChI is InChI=1S/C17H22F3NO2/c1-17(2,9-14(19)20)16(22)21-10-12-7-8-23-15(12)11-3-5-13(18)6-4-11/h3-6,12,14-15H,7-10H2,1-2H3,(H,21,22)/t12-,15-/m0/s1. The van der Waals surface area contributed by atoms with Gasteiger partial charge in [0, 0.05) is 30.9 Å². The van der Waals surface area contributed by atoms with E-state index in [1.165, 1.54) is 26.0 Å². The van der Waals surface area contributed by atoms with Gasteiger partial charge in [0.2, 0.25) is 12.3 Å². The molecule has 1 aromatic rings. The van der Waals surface area contributed by atoms with E-state index >= 15 is 0 Å². The summed E-state index contributed by atoms with van der Waals surface area (Å²) in [7, 11) is 0. The van der Waals surface area contributed by atoms with Crippen LogP contribution in [0.25, 0.3) is 0 Å². The minimum atomic E-state index is -2.52. The maximum Gasteiger partial charge on any atom is 0.239 e. The van der Waals surface area contributed by atoms with Crippen LogP contribution in [0.3, 0.4) is 0 Å². The number of alkyl halides is 2. The normalized spacial score (nSPS) is 21.7. The molecule has 0 aliphatic carbocycles. The minimum Gasteiger partial charge on any atom is -0.373 e. The van der Waals surface area contributed by atoms with Gasteiger partial charge in [-0.15, -0.1) is 0 Å². The Labute approximate surface area is 134 Å². The quantitative estimate of drug-likeness (QED) is 0.864. The Morgan fingerprint density at radius 3 is 2.61 bits per heavy atom. The number of benzene rings is 1. The fourth-order valence-electron chi connectivity index (χ4n) is 2.81. The Morgan fingerprint density at radius 1 is 1.35 bits per heavy atom. The maximum absolute atomic E-state index is 13.0. The molecule has 6 heteroatoms. The second kappa shape index (κ2) is 7.34. The number of amides is 1. The molecule has 1 fully saturated rings. The van der Waals surface area contributed by atoms with Crippen molar-refractivity contribution in [2.24, 2.45) is 11.3 Å². The van der Waals surface area contributed by atoms with E-state index in [1.807, 2.05) is 0 Å². The molecule has 23 heavy (non-hydrogen) atoms. The second-order valence-corrected chi connectivity index (χ2v) is 6.58. The number of carbonyl (C=O) groups is 1. The van der Waals surface area contributed by atoms with Crippen LogP contribution in [-0.4, -0.2) is 25.5 Å². The number of rotatable bonds is 6. The molecule has 1 amide bonds. The molecular formula is C17H22F3NO2. The van der Waals surface area contributed by atoms with Gasteiger partial charge in [0.1, 0.15) is 5.82 Å². The predicted octanol–water partition coefficient (Wildman–Crippen LogP) is 3.70. The first-order chi connectivity index (χ1) is 10.8. The molecule has 1 aliphatic rings. The number of hydrogen-bond acceptors (Lipinski definition) is 2. The van der Waals surface area contributed by atoms with Crippen molar-refractivity contribution in [1.29, 1.82) is 0 Å². The Morgan fingerprint density at radius 2 is 2.00 bits per heavy atom. The Hall–Kier alpha value is -1.56. The van der Waals surface area contributed by atoms with Crippen LogP contribution in [0.2, 0.25) is 0 Å². The lowest BCUT2D eigenvalue weighted by Gasteiger charge is -2.25. The zero-order chi connectivity index (χ0) is 17.0. The maximum atomic E-state index is 13.0. The van der Waals surface area contributed by atoms with Crippen LogP contribution < -0.4 is 5.32 Å². The molecule has 0 unspecified atom stereocenters. The molecule has 2 atom stereocenters. The summed E-state index contributed by atoms with van der Waals surface area (Å²) in [5.74, 6) is -0.653. The highest BCUT2D eigenvalue weighted by atomic mass is 19.3. The van der Waals surface area contributed by atoms with E-state index in [0.717, 1.165) is 12.0 Å². The van der Waals surface area contributed by atoms with E-state index in [0.29, 0.717) is 13.2 Å². The van der Waals surface area contributed by atoms with Gasteiger partial charge in [0.05, 0.1) is 6.10 Å². The van der Waals surface area contributed by atoms with E-state index in [2.05, 4.69) is 5.32 Å². The van der Waals surface area contributed by atoms with Gasteiger partial charge in [0.15, 0.2) is 0 Å². The van der Waals surface area contributed by atoms with Crippen LogP contribution in [0.4, 0.5) is 13.2 Å². The van der Waals surface area contributed by atoms with Crippen molar-refractivity contribution in [1.82, 2.24) is 5.32 Å². The Balaban J connectivity index is 1.94. The van der Waals surface area contributed by atoms with Crippen molar-refractivity contribution in [3.8, 4) is 0 Å². The van der Waals surface area contributed by atoms with Crippen molar-refractivity contribution in [3.05, 3.63) is 35.6 Å². The van der Waals surface area contributed by atoms with Gasteiger partial charge in [-0.3, -0.25) is 4.79 Å². The lowest BCUT2D eigenvalue weighted by molar-refractivity contribution is -0.131. The average molecular weight is 329 g/mol. The van der Waals surface area contributed by atoms with Gasteiger partial charge in [-0.05, 0) is 24.1 Å². The van der Waals surface area contributed by atoms with Gasteiger partial charge < -0.3 is 10.1 Å². The van der Waals surface area contributed by atoms with E-state index in [4.69, 9.17) is 4.74 Å². The zero-order valence-corrected chi connectivity index (χ0v) is 13.3. The first-order valence-electron chi connectivity index (χ1n) is 7.73. The first-order valence-corrected chi connectivity index (χ1v) is 7.73. The van der Waals surface area contributed by atoms with Gasteiger partial charge >= 0.3 is 0 Å². The van der Waals surface area contributed by atoms with E-state index in [1.54, 1.807) is 12.1 Å². The van der Waals surface area contributed by atoms with Crippen molar-refractivity contribution in [2.45, 2.75) is 39.2 Å². The summed E-state index contributed by atoms with van der Waals surface area (Å²) in [4.78, 5) is 12.1. The van der Waals surface area contributed by atoms with E-state index < -0.39 is 18.3 Å². The molecule has 2 rings (SSSR count). The van der Waals surface area contributed by atoms with Crippen molar-refractivity contribution >= 4 is 5.91 Å². The fourth-order valence-corrected chi connectivity index (χ4v) is 2.81.